The predicted octanol–water partition coefficient (Wildman–Crippen LogP) is 1.11. The van der Waals surface area contributed by atoms with E-state index in [1.807, 2.05) is 13.8 Å². The fraction of sp³-hybridized carbons (Fsp3) is 0.786. The number of hydrogen-bond donors (Lipinski definition) is 0. The van der Waals surface area contributed by atoms with E-state index in [-0.39, 0.29) is 31.0 Å². The van der Waals surface area contributed by atoms with Gasteiger partial charge in [0.15, 0.2) is 0 Å². The molecule has 1 heterocycles. The molecule has 0 saturated carbocycles. The van der Waals surface area contributed by atoms with Crippen LogP contribution < -0.4 is 0 Å². The number of aldehydes is 1. The van der Waals surface area contributed by atoms with Gasteiger partial charge in [-0.15, -0.1) is 0 Å². The lowest BCUT2D eigenvalue weighted by atomic mass is 9.80. The highest BCUT2D eigenvalue weighted by atomic mass is 16.6. The van der Waals surface area contributed by atoms with Gasteiger partial charge in [-0.3, -0.25) is 9.59 Å². The minimum atomic E-state index is -0.543. The Morgan fingerprint density at radius 2 is 1.75 bits per heavy atom. The van der Waals surface area contributed by atoms with Gasteiger partial charge in [-0.25, -0.2) is 0 Å². The molecule has 0 radical (unpaired) electrons. The summed E-state index contributed by atoms with van der Waals surface area (Å²) in [6, 6.07) is 0. The van der Waals surface area contributed by atoms with Crippen LogP contribution in [-0.2, 0) is 28.6 Å². The van der Waals surface area contributed by atoms with Crippen molar-refractivity contribution in [2.24, 2.45) is 11.8 Å². The molecule has 0 N–H and O–H groups in total. The third kappa shape index (κ3) is 4.30. The second-order valence-corrected chi connectivity index (χ2v) is 5.21. The molecule has 1 saturated heterocycles. The molecular weight excluding hydrogens is 264 g/mol. The second-order valence-electron chi connectivity index (χ2n) is 5.21. The van der Waals surface area contributed by atoms with Crippen LogP contribution in [0.1, 0.15) is 34.1 Å². The van der Waals surface area contributed by atoms with E-state index in [1.165, 1.54) is 13.8 Å². The first-order chi connectivity index (χ1) is 9.36. The number of ether oxygens (including phenoxy) is 3. The van der Waals surface area contributed by atoms with Crippen LogP contribution in [0, 0.1) is 11.8 Å². The van der Waals surface area contributed by atoms with Crippen molar-refractivity contribution < 1.29 is 28.6 Å². The first-order valence-corrected chi connectivity index (χ1v) is 6.76. The van der Waals surface area contributed by atoms with E-state index >= 15 is 0 Å². The van der Waals surface area contributed by atoms with E-state index in [0.29, 0.717) is 0 Å². The van der Waals surface area contributed by atoms with E-state index in [1.54, 1.807) is 0 Å². The number of carbonyl (C=O) groups excluding carboxylic acids is 3. The Bertz CT molecular complexity index is 367. The summed E-state index contributed by atoms with van der Waals surface area (Å²) in [4.78, 5) is 32.8. The monoisotopic (exact) mass is 286 g/mol. The van der Waals surface area contributed by atoms with Crippen LogP contribution in [0.4, 0.5) is 0 Å². The summed E-state index contributed by atoms with van der Waals surface area (Å²) in [5.74, 6) is -0.746. The molecule has 2 unspecified atom stereocenters. The largest absolute Gasteiger partial charge is 0.463 e. The summed E-state index contributed by atoms with van der Waals surface area (Å²) >= 11 is 0. The van der Waals surface area contributed by atoms with Crippen molar-refractivity contribution in [2.45, 2.75) is 52.4 Å². The third-order valence-electron chi connectivity index (χ3n) is 3.73. The maximum absolute atomic E-state index is 11.2. The quantitative estimate of drug-likeness (QED) is 0.556. The summed E-state index contributed by atoms with van der Waals surface area (Å²) < 4.78 is 16.0. The number of esters is 2. The highest BCUT2D eigenvalue weighted by Crippen LogP contribution is 2.34. The molecule has 0 aromatic rings. The second kappa shape index (κ2) is 7.38. The zero-order chi connectivity index (χ0) is 15.3. The molecule has 1 aliphatic rings. The number of rotatable bonds is 5. The average molecular weight is 286 g/mol. The van der Waals surface area contributed by atoms with E-state index in [4.69, 9.17) is 14.2 Å². The van der Waals surface area contributed by atoms with Gasteiger partial charge in [0.25, 0.3) is 0 Å². The average Bonchev–Trinajstić information content (AvgIpc) is 2.36. The maximum atomic E-state index is 11.2. The van der Waals surface area contributed by atoms with Crippen molar-refractivity contribution >= 4 is 18.2 Å². The summed E-state index contributed by atoms with van der Waals surface area (Å²) in [6.07, 6.45) is -0.198. The molecular formula is C14H22O6. The minimum absolute atomic E-state index is 0.0122. The van der Waals surface area contributed by atoms with Gasteiger partial charge in [0.05, 0.1) is 6.10 Å². The molecule has 0 bridgehead atoms. The molecule has 6 heteroatoms. The molecule has 1 fully saturated rings. The first-order valence-electron chi connectivity index (χ1n) is 6.76. The Balaban J connectivity index is 2.83. The van der Waals surface area contributed by atoms with Gasteiger partial charge in [-0.05, 0) is 5.92 Å². The van der Waals surface area contributed by atoms with Crippen LogP contribution in [0.3, 0.4) is 0 Å². The molecule has 0 aliphatic carbocycles. The molecule has 20 heavy (non-hydrogen) atoms. The van der Waals surface area contributed by atoms with Crippen molar-refractivity contribution in [1.82, 2.24) is 0 Å². The normalized spacial score (nSPS) is 33.3. The van der Waals surface area contributed by atoms with Crippen molar-refractivity contribution in [1.29, 1.82) is 0 Å². The Labute approximate surface area is 118 Å². The van der Waals surface area contributed by atoms with Crippen LogP contribution >= 0.6 is 0 Å². The van der Waals surface area contributed by atoms with Gasteiger partial charge < -0.3 is 19.0 Å². The van der Waals surface area contributed by atoms with Crippen molar-refractivity contribution in [3.63, 3.8) is 0 Å². The molecule has 0 spiro atoms. The highest BCUT2D eigenvalue weighted by Gasteiger charge is 2.43. The lowest BCUT2D eigenvalue weighted by Gasteiger charge is -2.43. The highest BCUT2D eigenvalue weighted by molar-refractivity contribution is 5.66. The van der Waals surface area contributed by atoms with E-state index < -0.39 is 24.1 Å². The molecule has 0 aromatic heterocycles. The van der Waals surface area contributed by atoms with Crippen LogP contribution in [0.15, 0.2) is 0 Å². The maximum Gasteiger partial charge on any atom is 0.303 e. The fourth-order valence-electron chi connectivity index (χ4n) is 2.48. The van der Waals surface area contributed by atoms with Crippen LogP contribution in [0.2, 0.25) is 0 Å². The van der Waals surface area contributed by atoms with Crippen molar-refractivity contribution in [3.8, 4) is 0 Å². The first kappa shape index (κ1) is 16.6. The zero-order valence-corrected chi connectivity index (χ0v) is 12.3. The van der Waals surface area contributed by atoms with Crippen LogP contribution in [0.25, 0.3) is 0 Å². The Morgan fingerprint density at radius 3 is 2.25 bits per heavy atom. The lowest BCUT2D eigenvalue weighted by Crippen LogP contribution is -2.52. The van der Waals surface area contributed by atoms with Crippen LogP contribution in [-0.4, -0.2) is 43.1 Å². The van der Waals surface area contributed by atoms with E-state index in [9.17, 15) is 14.4 Å². The fourth-order valence-corrected chi connectivity index (χ4v) is 2.48. The van der Waals surface area contributed by atoms with Gasteiger partial charge in [0, 0.05) is 26.2 Å². The van der Waals surface area contributed by atoms with E-state index in [2.05, 4.69) is 0 Å². The Hall–Kier alpha value is -1.43. The smallest absolute Gasteiger partial charge is 0.303 e. The van der Waals surface area contributed by atoms with Gasteiger partial charge >= 0.3 is 11.9 Å². The van der Waals surface area contributed by atoms with Crippen molar-refractivity contribution in [2.75, 3.05) is 6.61 Å². The van der Waals surface area contributed by atoms with Gasteiger partial charge in [0.1, 0.15) is 25.1 Å². The van der Waals surface area contributed by atoms with Gasteiger partial charge in [-0.2, -0.15) is 0 Å². The van der Waals surface area contributed by atoms with Crippen LogP contribution in [0.5, 0.6) is 0 Å². The predicted molar refractivity (Wildman–Crippen MR) is 69.9 cm³/mol. The summed E-state index contributed by atoms with van der Waals surface area (Å²) in [5, 5.41) is 0. The Morgan fingerprint density at radius 1 is 1.10 bits per heavy atom. The molecule has 6 nitrogen and oxygen atoms in total. The SMILES string of the molecule is CC(=O)OCC1O[C@@H](CC=O)C(C)[C@@H](C)[C@H]1OC(C)=O. The summed E-state index contributed by atoms with van der Waals surface area (Å²) in [6.45, 7) is 6.55. The third-order valence-corrected chi connectivity index (χ3v) is 3.73. The molecule has 1 aliphatic heterocycles. The number of carbonyl (C=O) groups is 3. The van der Waals surface area contributed by atoms with Crippen molar-refractivity contribution in [3.05, 3.63) is 0 Å². The summed E-state index contributed by atoms with van der Waals surface area (Å²) in [5.41, 5.74) is 0. The molecule has 114 valence electrons. The summed E-state index contributed by atoms with van der Waals surface area (Å²) in [7, 11) is 0. The lowest BCUT2D eigenvalue weighted by molar-refractivity contribution is -0.205. The van der Waals surface area contributed by atoms with Gasteiger partial charge in [-0.1, -0.05) is 13.8 Å². The minimum Gasteiger partial charge on any atom is -0.463 e. The zero-order valence-electron chi connectivity index (χ0n) is 12.3. The number of hydrogen-bond acceptors (Lipinski definition) is 6. The molecule has 5 atom stereocenters. The standard InChI is InChI=1S/C14H22O6/c1-8-9(2)14(19-11(4)17)13(7-18-10(3)16)20-12(8)5-6-15/h6,8-9,12-14H,5,7H2,1-4H3/t8?,9-,12+,13?,14-/m1/s1. The molecule has 1 rings (SSSR count). The Kier molecular flexibility index (Phi) is 6.13. The van der Waals surface area contributed by atoms with E-state index in [0.717, 1.165) is 6.29 Å². The molecule has 0 aromatic carbocycles. The van der Waals surface area contributed by atoms with Gasteiger partial charge in [0.2, 0.25) is 0 Å². The topological polar surface area (TPSA) is 78.9 Å². The molecule has 0 amide bonds.